The highest BCUT2D eigenvalue weighted by Crippen LogP contribution is 2.07. The van der Waals surface area contributed by atoms with Gasteiger partial charge in [-0.25, -0.2) is 0 Å². The monoisotopic (exact) mass is 235 g/mol. The van der Waals surface area contributed by atoms with Gasteiger partial charge in [0, 0.05) is 18.4 Å². The molecule has 0 aromatic carbocycles. The SMILES string of the molecule is Cc1cc(C)c(CNC(=O)C(C)N(C)C)cn1. The molecule has 4 heteroatoms. The maximum Gasteiger partial charge on any atom is 0.237 e. The smallest absolute Gasteiger partial charge is 0.237 e. The van der Waals surface area contributed by atoms with Crippen LogP contribution >= 0.6 is 0 Å². The molecule has 0 aliphatic heterocycles. The lowest BCUT2D eigenvalue weighted by atomic mass is 10.1. The molecule has 94 valence electrons. The van der Waals surface area contributed by atoms with E-state index >= 15 is 0 Å². The standard InChI is InChI=1S/C13H21N3O/c1-9-6-10(2)14-7-12(9)8-15-13(17)11(3)16(4)5/h6-7,11H,8H2,1-5H3,(H,15,17). The molecule has 0 aliphatic carbocycles. The molecular weight excluding hydrogens is 214 g/mol. The highest BCUT2D eigenvalue weighted by atomic mass is 16.2. The fraction of sp³-hybridized carbons (Fsp3) is 0.538. The first-order valence-electron chi connectivity index (χ1n) is 5.78. The number of carbonyl (C=O) groups is 1. The average molecular weight is 235 g/mol. The highest BCUT2D eigenvalue weighted by Gasteiger charge is 2.14. The van der Waals surface area contributed by atoms with E-state index in [4.69, 9.17) is 0 Å². The van der Waals surface area contributed by atoms with Gasteiger partial charge < -0.3 is 5.32 Å². The second-order valence-corrected chi connectivity index (χ2v) is 4.61. The lowest BCUT2D eigenvalue weighted by Crippen LogP contribution is -2.41. The maximum absolute atomic E-state index is 11.8. The fourth-order valence-electron chi connectivity index (χ4n) is 1.47. The molecule has 0 fully saturated rings. The molecule has 1 amide bonds. The molecule has 1 atom stereocenters. The lowest BCUT2D eigenvalue weighted by molar-refractivity contribution is -0.125. The Morgan fingerprint density at radius 3 is 2.65 bits per heavy atom. The Morgan fingerprint density at radius 1 is 1.47 bits per heavy atom. The Labute approximate surface area is 103 Å². The molecule has 0 aliphatic rings. The van der Waals surface area contributed by atoms with Crippen LogP contribution in [-0.4, -0.2) is 35.9 Å². The zero-order valence-electron chi connectivity index (χ0n) is 11.2. The molecule has 1 N–H and O–H groups in total. The molecule has 4 nitrogen and oxygen atoms in total. The van der Waals surface area contributed by atoms with Crippen LogP contribution in [0.1, 0.15) is 23.7 Å². The summed E-state index contributed by atoms with van der Waals surface area (Å²) in [6.07, 6.45) is 1.82. The van der Waals surface area contributed by atoms with E-state index in [9.17, 15) is 4.79 Å². The van der Waals surface area contributed by atoms with E-state index in [-0.39, 0.29) is 11.9 Å². The molecule has 1 aromatic heterocycles. The van der Waals surface area contributed by atoms with Gasteiger partial charge in [-0.3, -0.25) is 14.7 Å². The van der Waals surface area contributed by atoms with Gasteiger partial charge in [-0.1, -0.05) is 0 Å². The van der Waals surface area contributed by atoms with Gasteiger partial charge in [-0.05, 0) is 52.1 Å². The Hall–Kier alpha value is -1.42. The summed E-state index contributed by atoms with van der Waals surface area (Å²) < 4.78 is 0. The first kappa shape index (κ1) is 13.6. The molecule has 0 saturated carbocycles. The highest BCUT2D eigenvalue weighted by molar-refractivity contribution is 5.81. The maximum atomic E-state index is 11.8. The minimum Gasteiger partial charge on any atom is -0.351 e. The number of nitrogens with zero attached hydrogens (tertiary/aromatic N) is 2. The Morgan fingerprint density at radius 2 is 2.12 bits per heavy atom. The first-order valence-corrected chi connectivity index (χ1v) is 5.78. The zero-order chi connectivity index (χ0) is 13.0. The van der Waals surface area contributed by atoms with Crippen LogP contribution in [-0.2, 0) is 11.3 Å². The number of rotatable bonds is 4. The topological polar surface area (TPSA) is 45.2 Å². The Bertz CT molecular complexity index is 402. The fourth-order valence-corrected chi connectivity index (χ4v) is 1.47. The molecule has 0 spiro atoms. The summed E-state index contributed by atoms with van der Waals surface area (Å²) in [7, 11) is 3.78. The van der Waals surface area contributed by atoms with Gasteiger partial charge >= 0.3 is 0 Å². The average Bonchev–Trinajstić information content (AvgIpc) is 2.26. The molecule has 0 radical (unpaired) electrons. The lowest BCUT2D eigenvalue weighted by Gasteiger charge is -2.19. The van der Waals surface area contributed by atoms with E-state index in [0.29, 0.717) is 6.54 Å². The van der Waals surface area contributed by atoms with Crippen molar-refractivity contribution in [2.45, 2.75) is 33.4 Å². The number of hydrogen-bond acceptors (Lipinski definition) is 3. The number of likely N-dealkylation sites (N-methyl/N-ethyl adjacent to an activating group) is 1. The van der Waals surface area contributed by atoms with E-state index in [0.717, 1.165) is 16.8 Å². The van der Waals surface area contributed by atoms with Crippen molar-refractivity contribution in [1.82, 2.24) is 15.2 Å². The quantitative estimate of drug-likeness (QED) is 0.854. The Balaban J connectivity index is 2.59. The summed E-state index contributed by atoms with van der Waals surface area (Å²) in [6.45, 7) is 6.42. The second kappa shape index (κ2) is 5.77. The zero-order valence-corrected chi connectivity index (χ0v) is 11.2. The van der Waals surface area contributed by atoms with Gasteiger partial charge in [-0.15, -0.1) is 0 Å². The second-order valence-electron chi connectivity index (χ2n) is 4.61. The number of hydrogen-bond donors (Lipinski definition) is 1. The van der Waals surface area contributed by atoms with Gasteiger partial charge in [-0.2, -0.15) is 0 Å². The van der Waals surface area contributed by atoms with Gasteiger partial charge in [0.2, 0.25) is 5.91 Å². The van der Waals surface area contributed by atoms with Crippen LogP contribution < -0.4 is 5.32 Å². The van der Waals surface area contributed by atoms with E-state index < -0.39 is 0 Å². The van der Waals surface area contributed by atoms with E-state index in [1.54, 1.807) is 0 Å². The number of pyridine rings is 1. The molecule has 0 saturated heterocycles. The predicted molar refractivity (Wildman–Crippen MR) is 68.7 cm³/mol. The summed E-state index contributed by atoms with van der Waals surface area (Å²) in [5, 5.41) is 2.92. The third-order valence-electron chi connectivity index (χ3n) is 2.96. The van der Waals surface area contributed by atoms with Crippen LogP contribution in [0, 0.1) is 13.8 Å². The summed E-state index contributed by atoms with van der Waals surface area (Å²) in [5.41, 5.74) is 3.23. The van der Waals surface area contributed by atoms with Crippen molar-refractivity contribution in [2.75, 3.05) is 14.1 Å². The summed E-state index contributed by atoms with van der Waals surface area (Å²) in [4.78, 5) is 17.9. The number of amides is 1. The van der Waals surface area contributed by atoms with Crippen LogP contribution in [0.2, 0.25) is 0 Å². The summed E-state index contributed by atoms with van der Waals surface area (Å²) in [5.74, 6) is 0.0370. The van der Waals surface area contributed by atoms with Gasteiger partial charge in [0.05, 0.1) is 6.04 Å². The van der Waals surface area contributed by atoms with Crippen molar-refractivity contribution in [1.29, 1.82) is 0 Å². The molecule has 17 heavy (non-hydrogen) atoms. The van der Waals surface area contributed by atoms with Gasteiger partial charge in [0.25, 0.3) is 0 Å². The van der Waals surface area contributed by atoms with Crippen LogP contribution in [0.25, 0.3) is 0 Å². The van der Waals surface area contributed by atoms with Crippen molar-refractivity contribution in [3.63, 3.8) is 0 Å². The molecule has 1 aromatic rings. The van der Waals surface area contributed by atoms with E-state index in [2.05, 4.69) is 10.3 Å². The van der Waals surface area contributed by atoms with Crippen molar-refractivity contribution in [3.05, 3.63) is 29.1 Å². The molecule has 1 unspecified atom stereocenters. The predicted octanol–water partition coefficient (Wildman–Crippen LogP) is 1.26. The van der Waals surface area contributed by atoms with Gasteiger partial charge in [0.1, 0.15) is 0 Å². The normalized spacial score (nSPS) is 12.6. The van der Waals surface area contributed by atoms with E-state index in [1.165, 1.54) is 0 Å². The number of nitrogens with one attached hydrogen (secondary N) is 1. The summed E-state index contributed by atoms with van der Waals surface area (Å²) >= 11 is 0. The first-order chi connectivity index (χ1) is 7.91. The molecular formula is C13H21N3O. The van der Waals surface area contributed by atoms with Crippen LogP contribution in [0.5, 0.6) is 0 Å². The van der Waals surface area contributed by atoms with Crippen molar-refractivity contribution in [3.8, 4) is 0 Å². The third-order valence-corrected chi connectivity index (χ3v) is 2.96. The van der Waals surface area contributed by atoms with Crippen molar-refractivity contribution < 1.29 is 4.79 Å². The van der Waals surface area contributed by atoms with Crippen molar-refractivity contribution >= 4 is 5.91 Å². The van der Waals surface area contributed by atoms with Crippen LogP contribution in [0.15, 0.2) is 12.3 Å². The minimum absolute atomic E-state index is 0.0370. The van der Waals surface area contributed by atoms with Gasteiger partial charge in [0.15, 0.2) is 0 Å². The number of aromatic nitrogens is 1. The molecule has 1 heterocycles. The molecule has 0 bridgehead atoms. The number of aryl methyl sites for hydroxylation is 2. The molecule has 1 rings (SSSR count). The largest absolute Gasteiger partial charge is 0.351 e. The Kier molecular flexibility index (Phi) is 4.63. The van der Waals surface area contributed by atoms with Crippen LogP contribution in [0.3, 0.4) is 0 Å². The third kappa shape index (κ3) is 3.82. The van der Waals surface area contributed by atoms with E-state index in [1.807, 2.05) is 52.0 Å². The van der Waals surface area contributed by atoms with Crippen molar-refractivity contribution in [2.24, 2.45) is 0 Å². The van der Waals surface area contributed by atoms with Crippen LogP contribution in [0.4, 0.5) is 0 Å². The number of carbonyl (C=O) groups excluding carboxylic acids is 1. The summed E-state index contributed by atoms with van der Waals surface area (Å²) in [6, 6.07) is 1.91. The minimum atomic E-state index is -0.117.